The van der Waals surface area contributed by atoms with E-state index in [1.54, 1.807) is 0 Å². The quantitative estimate of drug-likeness (QED) is 0.869. The van der Waals surface area contributed by atoms with Crippen LogP contribution in [0.4, 0.5) is 5.95 Å². The summed E-state index contributed by atoms with van der Waals surface area (Å²) in [6.07, 6.45) is 10.8. The van der Waals surface area contributed by atoms with E-state index in [0.29, 0.717) is 5.54 Å². The van der Waals surface area contributed by atoms with Crippen LogP contribution in [0.2, 0.25) is 0 Å². The Balaban J connectivity index is 1.92. The number of anilines is 1. The number of nitrogens with zero attached hydrogens (tertiary/aromatic N) is 3. The Kier molecular flexibility index (Phi) is 3.29. The van der Waals surface area contributed by atoms with Gasteiger partial charge in [0.05, 0.1) is 5.54 Å². The molecule has 4 heteroatoms. The van der Waals surface area contributed by atoms with Gasteiger partial charge in [-0.3, -0.25) is 0 Å². The molecular formula is C14H24N4. The number of aromatic nitrogens is 2. The lowest BCUT2D eigenvalue weighted by atomic mass is 9.79. The van der Waals surface area contributed by atoms with Gasteiger partial charge < -0.3 is 14.8 Å². The maximum Gasteiger partial charge on any atom is 0.205 e. The summed E-state index contributed by atoms with van der Waals surface area (Å²) < 4.78 is 2.28. The third-order valence-electron chi connectivity index (χ3n) is 4.60. The summed E-state index contributed by atoms with van der Waals surface area (Å²) in [4.78, 5) is 7.21. The summed E-state index contributed by atoms with van der Waals surface area (Å²) in [6.45, 7) is 6.51. The first kappa shape index (κ1) is 12.0. The molecule has 1 saturated carbocycles. The molecule has 100 valence electrons. The smallest absolute Gasteiger partial charge is 0.205 e. The van der Waals surface area contributed by atoms with Gasteiger partial charge in [-0.2, -0.15) is 0 Å². The molecule has 1 aromatic heterocycles. The second-order valence-electron chi connectivity index (χ2n) is 5.63. The van der Waals surface area contributed by atoms with E-state index in [4.69, 9.17) is 0 Å². The van der Waals surface area contributed by atoms with Crippen LogP contribution in [0.25, 0.3) is 0 Å². The fraction of sp³-hybridized carbons (Fsp3) is 0.786. The van der Waals surface area contributed by atoms with Gasteiger partial charge in [0.15, 0.2) is 0 Å². The Morgan fingerprint density at radius 2 is 2.17 bits per heavy atom. The van der Waals surface area contributed by atoms with Crippen LogP contribution in [-0.4, -0.2) is 34.7 Å². The molecule has 1 aliphatic carbocycles. The van der Waals surface area contributed by atoms with Crippen LogP contribution in [0.15, 0.2) is 12.4 Å². The first-order chi connectivity index (χ1) is 8.86. The number of imidazole rings is 1. The third-order valence-corrected chi connectivity index (χ3v) is 4.60. The molecule has 1 saturated heterocycles. The molecule has 1 N–H and O–H groups in total. The molecule has 0 atom stereocenters. The van der Waals surface area contributed by atoms with Crippen molar-refractivity contribution in [1.29, 1.82) is 0 Å². The van der Waals surface area contributed by atoms with E-state index in [1.165, 1.54) is 38.1 Å². The van der Waals surface area contributed by atoms with E-state index in [9.17, 15) is 0 Å². The first-order valence-electron chi connectivity index (χ1n) is 7.35. The van der Waals surface area contributed by atoms with Crippen LogP contribution in [0.3, 0.4) is 0 Å². The maximum atomic E-state index is 4.62. The van der Waals surface area contributed by atoms with Gasteiger partial charge >= 0.3 is 0 Å². The van der Waals surface area contributed by atoms with Gasteiger partial charge in [0, 0.05) is 38.6 Å². The molecule has 3 rings (SSSR count). The predicted molar refractivity (Wildman–Crippen MR) is 73.9 cm³/mol. The van der Waals surface area contributed by atoms with E-state index in [1.807, 2.05) is 6.20 Å². The molecule has 2 heterocycles. The van der Waals surface area contributed by atoms with Gasteiger partial charge in [0.2, 0.25) is 5.95 Å². The monoisotopic (exact) mass is 248 g/mol. The second kappa shape index (κ2) is 4.92. The van der Waals surface area contributed by atoms with Gasteiger partial charge in [0.25, 0.3) is 0 Å². The number of piperazine rings is 1. The molecule has 1 aromatic rings. The van der Waals surface area contributed by atoms with Crippen molar-refractivity contribution in [3.05, 3.63) is 12.4 Å². The lowest BCUT2D eigenvalue weighted by Crippen LogP contribution is -2.63. The average Bonchev–Trinajstić information content (AvgIpc) is 2.88. The lowest BCUT2D eigenvalue weighted by molar-refractivity contribution is 0.236. The summed E-state index contributed by atoms with van der Waals surface area (Å²) in [5.74, 6) is 1.18. The van der Waals surface area contributed by atoms with Crippen molar-refractivity contribution in [3.63, 3.8) is 0 Å². The molecule has 0 unspecified atom stereocenters. The molecule has 0 amide bonds. The molecule has 2 fully saturated rings. The Hall–Kier alpha value is -1.03. The zero-order chi connectivity index (χ0) is 12.4. The Morgan fingerprint density at radius 1 is 1.33 bits per heavy atom. The molecule has 4 nitrogen and oxygen atoms in total. The van der Waals surface area contributed by atoms with E-state index < -0.39 is 0 Å². The van der Waals surface area contributed by atoms with Crippen LogP contribution in [-0.2, 0) is 6.54 Å². The number of hydrogen-bond acceptors (Lipinski definition) is 3. The van der Waals surface area contributed by atoms with Gasteiger partial charge in [-0.15, -0.1) is 0 Å². The number of nitrogens with one attached hydrogen (secondary N) is 1. The molecule has 2 aliphatic rings. The second-order valence-corrected chi connectivity index (χ2v) is 5.63. The highest BCUT2D eigenvalue weighted by atomic mass is 15.4. The molecule has 1 aliphatic heterocycles. The largest absolute Gasteiger partial charge is 0.334 e. The highest BCUT2D eigenvalue weighted by molar-refractivity contribution is 5.38. The van der Waals surface area contributed by atoms with Crippen LogP contribution >= 0.6 is 0 Å². The lowest BCUT2D eigenvalue weighted by Gasteiger charge is -2.50. The van der Waals surface area contributed by atoms with Crippen molar-refractivity contribution in [1.82, 2.24) is 14.9 Å². The van der Waals surface area contributed by atoms with Crippen molar-refractivity contribution in [2.24, 2.45) is 0 Å². The fourth-order valence-electron chi connectivity index (χ4n) is 3.61. The van der Waals surface area contributed by atoms with Crippen LogP contribution < -0.4 is 10.2 Å². The molecule has 18 heavy (non-hydrogen) atoms. The zero-order valence-electron chi connectivity index (χ0n) is 11.4. The van der Waals surface area contributed by atoms with Crippen LogP contribution in [0.1, 0.15) is 39.0 Å². The molecule has 1 spiro atoms. The minimum atomic E-state index is 0.328. The van der Waals surface area contributed by atoms with Crippen molar-refractivity contribution in [2.45, 2.75) is 51.1 Å². The summed E-state index contributed by atoms with van der Waals surface area (Å²) in [7, 11) is 0. The minimum Gasteiger partial charge on any atom is -0.334 e. The summed E-state index contributed by atoms with van der Waals surface area (Å²) in [5.41, 5.74) is 0.328. The van der Waals surface area contributed by atoms with E-state index in [2.05, 4.69) is 32.9 Å². The van der Waals surface area contributed by atoms with Crippen molar-refractivity contribution in [3.8, 4) is 0 Å². The summed E-state index contributed by atoms with van der Waals surface area (Å²) in [5, 5.41) is 3.60. The molecular weight excluding hydrogens is 224 g/mol. The van der Waals surface area contributed by atoms with Crippen LogP contribution in [0, 0.1) is 0 Å². The van der Waals surface area contributed by atoms with Gasteiger partial charge in [-0.05, 0) is 19.8 Å². The number of hydrogen-bond donors (Lipinski definition) is 1. The average molecular weight is 248 g/mol. The van der Waals surface area contributed by atoms with E-state index in [0.717, 1.165) is 26.2 Å². The molecule has 0 radical (unpaired) electrons. The molecule has 0 aromatic carbocycles. The number of aryl methyl sites for hydroxylation is 1. The van der Waals surface area contributed by atoms with E-state index >= 15 is 0 Å². The number of rotatable bonds is 2. The Labute approximate surface area is 109 Å². The first-order valence-corrected chi connectivity index (χ1v) is 7.35. The maximum absolute atomic E-state index is 4.62. The summed E-state index contributed by atoms with van der Waals surface area (Å²) in [6, 6.07) is 0. The Morgan fingerprint density at radius 3 is 2.94 bits per heavy atom. The highest BCUT2D eigenvalue weighted by Crippen LogP contribution is 2.36. The van der Waals surface area contributed by atoms with Crippen molar-refractivity contribution in [2.75, 3.05) is 24.5 Å². The topological polar surface area (TPSA) is 33.1 Å². The Bertz CT molecular complexity index is 384. The van der Waals surface area contributed by atoms with Gasteiger partial charge in [0.1, 0.15) is 0 Å². The highest BCUT2D eigenvalue weighted by Gasteiger charge is 2.41. The van der Waals surface area contributed by atoms with Crippen LogP contribution in [0.5, 0.6) is 0 Å². The zero-order valence-corrected chi connectivity index (χ0v) is 11.4. The normalized spacial score (nSPS) is 23.5. The minimum absolute atomic E-state index is 0.328. The van der Waals surface area contributed by atoms with Gasteiger partial charge in [-0.1, -0.05) is 19.3 Å². The van der Waals surface area contributed by atoms with Crippen molar-refractivity contribution >= 4 is 5.95 Å². The van der Waals surface area contributed by atoms with Gasteiger partial charge in [-0.25, -0.2) is 4.98 Å². The standard InChI is InChI=1S/C14H24N4/c1-2-17-10-9-16-13(17)18-11-8-15-12-14(18)6-4-3-5-7-14/h9-10,15H,2-8,11-12H2,1H3. The molecule has 0 bridgehead atoms. The SMILES string of the molecule is CCn1ccnc1N1CCNCC12CCCCC2. The van der Waals surface area contributed by atoms with E-state index in [-0.39, 0.29) is 0 Å². The summed E-state index contributed by atoms with van der Waals surface area (Å²) >= 11 is 0. The fourth-order valence-corrected chi connectivity index (χ4v) is 3.61. The van der Waals surface area contributed by atoms with Crippen molar-refractivity contribution < 1.29 is 0 Å². The third kappa shape index (κ3) is 1.92. The predicted octanol–water partition coefficient (Wildman–Crippen LogP) is 2.02.